The van der Waals surface area contributed by atoms with Crippen LogP contribution in [0.25, 0.3) is 0 Å². The van der Waals surface area contributed by atoms with Gasteiger partial charge in [0, 0.05) is 19.8 Å². The summed E-state index contributed by atoms with van der Waals surface area (Å²) in [7, 11) is 2.98. The number of hydrogen-bond acceptors (Lipinski definition) is 4. The Morgan fingerprint density at radius 1 is 1.53 bits per heavy atom. The van der Waals surface area contributed by atoms with Gasteiger partial charge in [0.1, 0.15) is 0 Å². The molecule has 1 amide bonds. The van der Waals surface area contributed by atoms with Crippen LogP contribution in [0.1, 0.15) is 35.1 Å². The summed E-state index contributed by atoms with van der Waals surface area (Å²) in [5.74, 6) is 0.0429. The van der Waals surface area contributed by atoms with E-state index in [0.717, 1.165) is 5.56 Å². The fraction of sp³-hybridized carbons (Fsp3) is 0.500. The molecule has 0 spiro atoms. The third kappa shape index (κ3) is 2.37. The molecule has 0 bridgehead atoms. The van der Waals surface area contributed by atoms with Crippen molar-refractivity contribution in [1.82, 2.24) is 0 Å². The van der Waals surface area contributed by atoms with Gasteiger partial charge in [0.05, 0.1) is 0 Å². The highest BCUT2D eigenvalue weighted by Gasteiger charge is 2.20. The first kappa shape index (κ1) is 11.7. The van der Waals surface area contributed by atoms with E-state index in [1.165, 1.54) is 14.2 Å². The van der Waals surface area contributed by atoms with Crippen LogP contribution < -0.4 is 5.73 Å². The Bertz CT molecular complexity index is 341. The van der Waals surface area contributed by atoms with E-state index in [1.807, 2.05) is 6.92 Å². The lowest BCUT2D eigenvalue weighted by Crippen LogP contribution is -2.11. The largest absolute Gasteiger partial charge is 0.450 e. The van der Waals surface area contributed by atoms with E-state index in [2.05, 4.69) is 0 Å². The van der Waals surface area contributed by atoms with Crippen LogP contribution in [0.15, 0.2) is 10.5 Å². The molecule has 0 aromatic carbocycles. The Balaban J connectivity index is 3.06. The molecule has 0 aliphatic carbocycles. The smallest absolute Gasteiger partial charge is 0.284 e. The van der Waals surface area contributed by atoms with Crippen LogP contribution in [0.3, 0.4) is 0 Å². The molecule has 0 saturated carbocycles. The highest BCUT2D eigenvalue weighted by atomic mass is 16.7. The number of carbonyl (C=O) groups excluding carboxylic acids is 1. The molecule has 5 heteroatoms. The third-order valence-corrected chi connectivity index (χ3v) is 2.09. The van der Waals surface area contributed by atoms with E-state index >= 15 is 0 Å². The van der Waals surface area contributed by atoms with E-state index in [1.54, 1.807) is 6.07 Å². The Kier molecular flexibility index (Phi) is 3.88. The molecule has 15 heavy (non-hydrogen) atoms. The number of methoxy groups -OCH3 is 2. The maximum Gasteiger partial charge on any atom is 0.284 e. The lowest BCUT2D eigenvalue weighted by atomic mass is 10.2. The average Bonchev–Trinajstić information content (AvgIpc) is 2.64. The first-order valence-electron chi connectivity index (χ1n) is 4.62. The molecule has 1 aromatic rings. The van der Waals surface area contributed by atoms with Crippen molar-refractivity contribution in [3.63, 3.8) is 0 Å². The normalized spacial score (nSPS) is 10.9. The van der Waals surface area contributed by atoms with Gasteiger partial charge >= 0.3 is 0 Å². The minimum atomic E-state index is -0.608. The quantitative estimate of drug-likeness (QED) is 0.746. The van der Waals surface area contributed by atoms with Crippen molar-refractivity contribution in [2.45, 2.75) is 19.6 Å². The zero-order valence-corrected chi connectivity index (χ0v) is 9.07. The minimum absolute atomic E-state index is 0.173. The first-order chi connectivity index (χ1) is 7.13. The minimum Gasteiger partial charge on any atom is -0.450 e. The van der Waals surface area contributed by atoms with Gasteiger partial charge in [-0.3, -0.25) is 4.79 Å². The van der Waals surface area contributed by atoms with Gasteiger partial charge in [0.15, 0.2) is 11.5 Å². The highest BCUT2D eigenvalue weighted by Crippen LogP contribution is 2.24. The molecule has 0 aliphatic heterocycles. The van der Waals surface area contributed by atoms with E-state index in [9.17, 15) is 4.79 Å². The zero-order chi connectivity index (χ0) is 11.4. The van der Waals surface area contributed by atoms with Gasteiger partial charge in [-0.1, -0.05) is 6.92 Å². The van der Waals surface area contributed by atoms with Crippen LogP contribution in [0, 0.1) is 0 Å². The predicted octanol–water partition coefficient (Wildman–Crippen LogP) is 1.23. The van der Waals surface area contributed by atoms with Crippen molar-refractivity contribution in [1.29, 1.82) is 0 Å². The number of hydrogen-bond donors (Lipinski definition) is 1. The number of rotatable bonds is 5. The third-order valence-electron chi connectivity index (χ3n) is 2.09. The summed E-state index contributed by atoms with van der Waals surface area (Å²) in [6.07, 6.45) is 0.0606. The Labute approximate surface area is 88.1 Å². The molecule has 0 fully saturated rings. The van der Waals surface area contributed by atoms with Crippen molar-refractivity contribution in [2.24, 2.45) is 5.73 Å². The molecule has 1 heterocycles. The monoisotopic (exact) mass is 213 g/mol. The molecular formula is C10H15NO4. The van der Waals surface area contributed by atoms with E-state index in [-0.39, 0.29) is 5.76 Å². The molecule has 84 valence electrons. The van der Waals surface area contributed by atoms with E-state index in [4.69, 9.17) is 19.6 Å². The number of amides is 1. The molecule has 5 nitrogen and oxygen atoms in total. The second-order valence-corrected chi connectivity index (χ2v) is 3.02. The molecule has 0 unspecified atom stereocenters. The summed E-state index contributed by atoms with van der Waals surface area (Å²) in [6, 6.07) is 1.72. The van der Waals surface area contributed by atoms with Gasteiger partial charge < -0.3 is 19.6 Å². The van der Waals surface area contributed by atoms with Crippen molar-refractivity contribution in [2.75, 3.05) is 14.2 Å². The van der Waals surface area contributed by atoms with Gasteiger partial charge in [0.25, 0.3) is 5.91 Å². The van der Waals surface area contributed by atoms with Gasteiger partial charge in [-0.05, 0) is 12.5 Å². The molecule has 1 rings (SSSR count). The fourth-order valence-corrected chi connectivity index (χ4v) is 1.37. The van der Waals surface area contributed by atoms with Gasteiger partial charge in [-0.25, -0.2) is 0 Å². The first-order valence-corrected chi connectivity index (χ1v) is 4.62. The zero-order valence-electron chi connectivity index (χ0n) is 9.07. The van der Waals surface area contributed by atoms with Crippen LogP contribution in [0.2, 0.25) is 0 Å². The molecule has 2 N–H and O–H groups in total. The number of carbonyl (C=O) groups is 1. The second kappa shape index (κ2) is 4.95. The van der Waals surface area contributed by atoms with E-state index < -0.39 is 12.2 Å². The number of ether oxygens (including phenoxy) is 2. The van der Waals surface area contributed by atoms with E-state index in [0.29, 0.717) is 12.2 Å². The van der Waals surface area contributed by atoms with Crippen LogP contribution >= 0.6 is 0 Å². The van der Waals surface area contributed by atoms with Crippen LogP contribution in [0.5, 0.6) is 0 Å². The van der Waals surface area contributed by atoms with Crippen molar-refractivity contribution in [3.8, 4) is 0 Å². The number of furan rings is 1. The summed E-state index contributed by atoms with van der Waals surface area (Å²) >= 11 is 0. The second-order valence-electron chi connectivity index (χ2n) is 3.02. The van der Waals surface area contributed by atoms with Crippen LogP contribution in [0.4, 0.5) is 0 Å². The molecule has 0 saturated heterocycles. The van der Waals surface area contributed by atoms with Gasteiger partial charge in [-0.15, -0.1) is 0 Å². The Hall–Kier alpha value is -1.33. The SMILES string of the molecule is CCc1cc(C(OC)OC)oc1C(N)=O. The highest BCUT2D eigenvalue weighted by molar-refractivity contribution is 5.91. The lowest BCUT2D eigenvalue weighted by Gasteiger charge is -2.09. The summed E-state index contributed by atoms with van der Waals surface area (Å²) in [6.45, 7) is 1.91. The van der Waals surface area contributed by atoms with Gasteiger partial charge in [0.2, 0.25) is 6.29 Å². The van der Waals surface area contributed by atoms with Crippen molar-refractivity contribution < 1.29 is 18.7 Å². The topological polar surface area (TPSA) is 74.7 Å². The average molecular weight is 213 g/mol. The van der Waals surface area contributed by atoms with Gasteiger partial charge in [-0.2, -0.15) is 0 Å². The van der Waals surface area contributed by atoms with Crippen LogP contribution in [-0.4, -0.2) is 20.1 Å². The molecule has 0 aliphatic rings. The standard InChI is InChI=1S/C10H15NO4/c1-4-6-5-7(10(13-2)14-3)15-8(6)9(11)12/h5,10H,4H2,1-3H3,(H2,11,12). The number of primary amides is 1. The van der Waals surface area contributed by atoms with Crippen molar-refractivity contribution in [3.05, 3.63) is 23.2 Å². The molecule has 1 aromatic heterocycles. The maximum absolute atomic E-state index is 11.0. The molecule has 0 radical (unpaired) electrons. The predicted molar refractivity (Wildman–Crippen MR) is 53.4 cm³/mol. The van der Waals surface area contributed by atoms with Crippen molar-refractivity contribution >= 4 is 5.91 Å². The summed E-state index contributed by atoms with van der Waals surface area (Å²) in [5, 5.41) is 0. The molecule has 0 atom stereocenters. The summed E-state index contributed by atoms with van der Waals surface area (Å²) in [4.78, 5) is 11.0. The maximum atomic E-state index is 11.0. The summed E-state index contributed by atoms with van der Waals surface area (Å²) in [5.41, 5.74) is 5.93. The number of aryl methyl sites for hydroxylation is 1. The number of nitrogens with two attached hydrogens (primary N) is 1. The van der Waals surface area contributed by atoms with Crippen LogP contribution in [-0.2, 0) is 15.9 Å². The Morgan fingerprint density at radius 3 is 2.47 bits per heavy atom. The summed E-state index contributed by atoms with van der Waals surface area (Å²) < 4.78 is 15.3. The Morgan fingerprint density at radius 2 is 2.13 bits per heavy atom. The molecular weight excluding hydrogens is 198 g/mol. The fourth-order valence-electron chi connectivity index (χ4n) is 1.37. The lowest BCUT2D eigenvalue weighted by molar-refractivity contribution is -0.118.